The molecular weight excluding hydrogens is 279 g/mol. The van der Waals surface area contributed by atoms with Gasteiger partial charge >= 0.3 is 6.18 Å². The Morgan fingerprint density at radius 1 is 1.14 bits per heavy atom. The van der Waals surface area contributed by atoms with Crippen molar-refractivity contribution in [3.8, 4) is 5.75 Å². The second-order valence-corrected chi connectivity index (χ2v) is 5.46. The Kier molecular flexibility index (Phi) is 4.42. The van der Waals surface area contributed by atoms with Crippen LogP contribution in [0.2, 0.25) is 0 Å². The van der Waals surface area contributed by atoms with Crippen molar-refractivity contribution in [1.82, 2.24) is 0 Å². The summed E-state index contributed by atoms with van der Waals surface area (Å²) < 4.78 is 43.7. The van der Waals surface area contributed by atoms with E-state index in [1.54, 1.807) is 18.2 Å². The standard InChI is InChI=1S/C16H18F3NO/c1-10(2)9-21-14-5-3-4-11-8-12(6-7-13(11)14)15(20)16(17,18)19/h3-8,10,15H,9,20H2,1-2H3/t15-/m0/s1. The van der Waals surface area contributed by atoms with E-state index in [9.17, 15) is 13.2 Å². The Morgan fingerprint density at radius 2 is 1.86 bits per heavy atom. The molecule has 0 aromatic heterocycles. The first-order valence-corrected chi connectivity index (χ1v) is 6.77. The lowest BCUT2D eigenvalue weighted by Crippen LogP contribution is -2.28. The number of fused-ring (bicyclic) bond motifs is 1. The van der Waals surface area contributed by atoms with Crippen molar-refractivity contribution in [1.29, 1.82) is 0 Å². The van der Waals surface area contributed by atoms with Crippen molar-refractivity contribution in [3.05, 3.63) is 42.0 Å². The molecule has 0 spiro atoms. The molecule has 0 saturated heterocycles. The lowest BCUT2D eigenvalue weighted by atomic mass is 10.0. The topological polar surface area (TPSA) is 35.2 Å². The van der Waals surface area contributed by atoms with Crippen molar-refractivity contribution in [2.45, 2.75) is 26.1 Å². The molecule has 21 heavy (non-hydrogen) atoms. The molecule has 2 aromatic carbocycles. The van der Waals surface area contributed by atoms with Crippen LogP contribution in [-0.2, 0) is 0 Å². The third-order valence-electron chi connectivity index (χ3n) is 3.15. The third kappa shape index (κ3) is 3.67. The summed E-state index contributed by atoms with van der Waals surface area (Å²) in [4.78, 5) is 0. The molecule has 0 aliphatic heterocycles. The zero-order valence-corrected chi connectivity index (χ0v) is 11.9. The van der Waals surface area contributed by atoms with E-state index < -0.39 is 12.2 Å². The van der Waals surface area contributed by atoms with E-state index in [0.29, 0.717) is 23.7 Å². The van der Waals surface area contributed by atoms with Gasteiger partial charge in [0.1, 0.15) is 11.8 Å². The molecule has 2 nitrogen and oxygen atoms in total. The van der Waals surface area contributed by atoms with E-state index in [-0.39, 0.29) is 5.56 Å². The van der Waals surface area contributed by atoms with Gasteiger partial charge in [0.15, 0.2) is 0 Å². The van der Waals surface area contributed by atoms with Crippen LogP contribution >= 0.6 is 0 Å². The molecule has 0 radical (unpaired) electrons. The van der Waals surface area contributed by atoms with Crippen LogP contribution in [-0.4, -0.2) is 12.8 Å². The molecule has 0 aliphatic rings. The summed E-state index contributed by atoms with van der Waals surface area (Å²) in [5.41, 5.74) is 5.30. The van der Waals surface area contributed by atoms with Gasteiger partial charge in [0.2, 0.25) is 0 Å². The highest BCUT2D eigenvalue weighted by atomic mass is 19.4. The fraction of sp³-hybridized carbons (Fsp3) is 0.375. The van der Waals surface area contributed by atoms with Crippen molar-refractivity contribution in [2.24, 2.45) is 11.7 Å². The smallest absolute Gasteiger partial charge is 0.407 e. The minimum absolute atomic E-state index is 0.0519. The molecule has 5 heteroatoms. The molecule has 114 valence electrons. The Bertz CT molecular complexity index is 622. The van der Waals surface area contributed by atoms with E-state index >= 15 is 0 Å². The van der Waals surface area contributed by atoms with Crippen molar-refractivity contribution < 1.29 is 17.9 Å². The largest absolute Gasteiger partial charge is 0.493 e. The number of halogens is 3. The van der Waals surface area contributed by atoms with Crippen molar-refractivity contribution >= 4 is 10.8 Å². The van der Waals surface area contributed by atoms with E-state index in [1.165, 1.54) is 12.1 Å². The zero-order chi connectivity index (χ0) is 15.6. The van der Waals surface area contributed by atoms with Gasteiger partial charge < -0.3 is 10.5 Å². The summed E-state index contributed by atoms with van der Waals surface area (Å²) in [6, 6.07) is 7.87. The lowest BCUT2D eigenvalue weighted by molar-refractivity contribution is -0.149. The molecule has 2 rings (SSSR count). The molecule has 0 bridgehead atoms. The van der Waals surface area contributed by atoms with Gasteiger partial charge in [-0.25, -0.2) is 0 Å². The number of hydrogen-bond acceptors (Lipinski definition) is 2. The first-order valence-electron chi connectivity index (χ1n) is 6.77. The lowest BCUT2D eigenvalue weighted by Gasteiger charge is -2.17. The highest BCUT2D eigenvalue weighted by Gasteiger charge is 2.37. The molecule has 0 fully saturated rings. The van der Waals surface area contributed by atoms with Gasteiger partial charge in [0, 0.05) is 5.39 Å². The normalized spacial score (nSPS) is 13.7. The Hall–Kier alpha value is -1.75. The number of ether oxygens (including phenoxy) is 1. The van der Waals surface area contributed by atoms with Crippen molar-refractivity contribution in [3.63, 3.8) is 0 Å². The minimum atomic E-state index is -4.45. The summed E-state index contributed by atoms with van der Waals surface area (Å²) in [5.74, 6) is 1.05. The minimum Gasteiger partial charge on any atom is -0.493 e. The number of benzene rings is 2. The highest BCUT2D eigenvalue weighted by molar-refractivity contribution is 5.89. The molecule has 0 unspecified atom stereocenters. The predicted octanol–water partition coefficient (Wildman–Crippen LogP) is 4.44. The SMILES string of the molecule is CC(C)COc1cccc2cc([C@H](N)C(F)(F)F)ccc12. The van der Waals surface area contributed by atoms with Crippen molar-refractivity contribution in [2.75, 3.05) is 6.61 Å². The second-order valence-electron chi connectivity index (χ2n) is 5.46. The molecule has 0 saturated carbocycles. The van der Waals surface area contributed by atoms with Gasteiger partial charge in [-0.3, -0.25) is 0 Å². The van der Waals surface area contributed by atoms with Crippen LogP contribution in [0.4, 0.5) is 13.2 Å². The van der Waals surface area contributed by atoms with E-state index in [0.717, 1.165) is 5.39 Å². The van der Waals surface area contributed by atoms with Crippen LogP contribution in [0.3, 0.4) is 0 Å². The zero-order valence-electron chi connectivity index (χ0n) is 11.9. The average Bonchev–Trinajstić information content (AvgIpc) is 2.42. The Balaban J connectivity index is 2.37. The van der Waals surface area contributed by atoms with Gasteiger partial charge in [-0.05, 0) is 29.0 Å². The second kappa shape index (κ2) is 5.93. The maximum Gasteiger partial charge on any atom is 0.407 e. The van der Waals surface area contributed by atoms with Gasteiger partial charge in [-0.1, -0.05) is 38.1 Å². The number of alkyl halides is 3. The number of hydrogen-bond donors (Lipinski definition) is 1. The van der Waals surface area contributed by atoms with Gasteiger partial charge in [-0.15, -0.1) is 0 Å². The van der Waals surface area contributed by atoms with E-state index in [2.05, 4.69) is 0 Å². The third-order valence-corrected chi connectivity index (χ3v) is 3.15. The van der Waals surface area contributed by atoms with E-state index in [1.807, 2.05) is 19.9 Å². The first-order chi connectivity index (χ1) is 9.79. The summed E-state index contributed by atoms with van der Waals surface area (Å²) in [6.07, 6.45) is -4.45. The molecule has 1 atom stereocenters. The van der Waals surface area contributed by atoms with E-state index in [4.69, 9.17) is 10.5 Å². The van der Waals surface area contributed by atoms with Crippen LogP contribution < -0.4 is 10.5 Å². The summed E-state index contributed by atoms with van der Waals surface area (Å²) in [5, 5.41) is 1.48. The van der Waals surface area contributed by atoms with Gasteiger partial charge in [0.25, 0.3) is 0 Å². The molecule has 0 heterocycles. The van der Waals surface area contributed by atoms with Crippen LogP contribution in [0.25, 0.3) is 10.8 Å². The number of rotatable bonds is 4. The van der Waals surface area contributed by atoms with Crippen LogP contribution in [0.1, 0.15) is 25.5 Å². The van der Waals surface area contributed by atoms with Crippen LogP contribution in [0.15, 0.2) is 36.4 Å². The molecule has 2 N–H and O–H groups in total. The summed E-state index contributed by atoms with van der Waals surface area (Å²) in [7, 11) is 0. The van der Waals surface area contributed by atoms with Crippen LogP contribution in [0.5, 0.6) is 5.75 Å². The highest BCUT2D eigenvalue weighted by Crippen LogP contribution is 2.33. The predicted molar refractivity (Wildman–Crippen MR) is 77.3 cm³/mol. The Morgan fingerprint density at radius 3 is 2.48 bits per heavy atom. The quantitative estimate of drug-likeness (QED) is 0.905. The maximum atomic E-state index is 12.7. The van der Waals surface area contributed by atoms with Gasteiger partial charge in [-0.2, -0.15) is 13.2 Å². The van der Waals surface area contributed by atoms with Gasteiger partial charge in [0.05, 0.1) is 6.61 Å². The van der Waals surface area contributed by atoms with Crippen LogP contribution in [0, 0.1) is 5.92 Å². The fourth-order valence-corrected chi connectivity index (χ4v) is 2.04. The summed E-state index contributed by atoms with van der Waals surface area (Å²) >= 11 is 0. The molecular formula is C16H18F3NO. The average molecular weight is 297 g/mol. The molecule has 2 aromatic rings. The summed E-state index contributed by atoms with van der Waals surface area (Å²) in [6.45, 7) is 4.63. The molecule has 0 aliphatic carbocycles. The maximum absolute atomic E-state index is 12.7. The fourth-order valence-electron chi connectivity index (χ4n) is 2.04. The molecule has 0 amide bonds. The first kappa shape index (κ1) is 15.6. The Labute approximate surface area is 121 Å². The number of nitrogens with two attached hydrogens (primary N) is 1. The monoisotopic (exact) mass is 297 g/mol.